The lowest BCUT2D eigenvalue weighted by molar-refractivity contribution is 1.21. The summed E-state index contributed by atoms with van der Waals surface area (Å²) < 4.78 is 0. The topological polar surface area (TPSA) is 36.4 Å². The van der Waals surface area contributed by atoms with Crippen LogP contribution in [0.1, 0.15) is 41.7 Å². The average molecular weight is 614 g/mol. The molecular weight excluding hydrogens is 571 g/mol. The van der Waals surface area contributed by atoms with E-state index in [4.69, 9.17) is 4.99 Å². The van der Waals surface area contributed by atoms with Crippen molar-refractivity contribution in [2.75, 3.05) is 17.2 Å². The molecule has 0 aliphatic rings. The highest BCUT2D eigenvalue weighted by Gasteiger charge is 2.07. The van der Waals surface area contributed by atoms with E-state index in [1.165, 1.54) is 5.56 Å². The maximum absolute atomic E-state index is 4.76. The second kappa shape index (κ2) is 18.2. The van der Waals surface area contributed by atoms with Crippen LogP contribution in [0, 0.1) is 6.92 Å². The Labute approximate surface area is 280 Å². The van der Waals surface area contributed by atoms with Crippen molar-refractivity contribution in [3.05, 3.63) is 204 Å². The van der Waals surface area contributed by atoms with Crippen LogP contribution in [0.15, 0.2) is 182 Å². The van der Waals surface area contributed by atoms with Gasteiger partial charge in [0.2, 0.25) is 0 Å². The van der Waals surface area contributed by atoms with Crippen LogP contribution in [-0.4, -0.2) is 12.4 Å². The summed E-state index contributed by atoms with van der Waals surface area (Å²) >= 11 is 0. The third-order valence-electron chi connectivity index (χ3n) is 7.31. The number of hydrogen-bond donors (Lipinski definition) is 2. The van der Waals surface area contributed by atoms with Gasteiger partial charge in [0.1, 0.15) is 0 Å². The smallest absolute Gasteiger partial charge is 0.0730 e. The van der Waals surface area contributed by atoms with Crippen molar-refractivity contribution >= 4 is 34.1 Å². The molecule has 5 aromatic carbocycles. The van der Waals surface area contributed by atoms with Gasteiger partial charge in [0.15, 0.2) is 0 Å². The van der Waals surface area contributed by atoms with Gasteiger partial charge >= 0.3 is 0 Å². The number of nitrogens with one attached hydrogen (secondary N) is 2. The second-order valence-electron chi connectivity index (χ2n) is 10.9. The van der Waals surface area contributed by atoms with Gasteiger partial charge in [-0.25, -0.2) is 4.99 Å². The monoisotopic (exact) mass is 613 g/mol. The molecule has 0 atom stereocenters. The highest BCUT2D eigenvalue weighted by atomic mass is 14.8. The van der Waals surface area contributed by atoms with Crippen LogP contribution < -0.4 is 10.6 Å². The average Bonchev–Trinajstić information content (AvgIpc) is 3.12. The fourth-order valence-electron chi connectivity index (χ4n) is 4.71. The van der Waals surface area contributed by atoms with Crippen LogP contribution in [-0.2, 0) is 0 Å². The largest absolute Gasteiger partial charge is 0.385 e. The van der Waals surface area contributed by atoms with E-state index >= 15 is 0 Å². The summed E-state index contributed by atoms with van der Waals surface area (Å²) in [6.45, 7) is 14.2. The lowest BCUT2D eigenvalue weighted by Crippen LogP contribution is -1.96. The summed E-state index contributed by atoms with van der Waals surface area (Å²) in [6, 6.07) is 45.9. The molecule has 0 aromatic heterocycles. The van der Waals surface area contributed by atoms with Gasteiger partial charge in [-0.05, 0) is 85.3 Å². The van der Waals surface area contributed by atoms with Crippen molar-refractivity contribution in [2.24, 2.45) is 4.99 Å². The van der Waals surface area contributed by atoms with E-state index in [0.717, 1.165) is 62.6 Å². The van der Waals surface area contributed by atoms with Crippen LogP contribution in [0.4, 0.5) is 17.1 Å². The summed E-state index contributed by atoms with van der Waals surface area (Å²) in [5.74, 6) is 3.35. The zero-order valence-corrected chi connectivity index (χ0v) is 27.6. The van der Waals surface area contributed by atoms with Gasteiger partial charge in [-0.1, -0.05) is 140 Å². The minimum Gasteiger partial charge on any atom is -0.385 e. The Morgan fingerprint density at radius 2 is 1.21 bits per heavy atom. The van der Waals surface area contributed by atoms with Crippen LogP contribution in [0.25, 0.3) is 11.1 Å². The first kappa shape index (κ1) is 34.0. The van der Waals surface area contributed by atoms with E-state index in [1.807, 2.05) is 49.4 Å². The number of rotatable bonds is 11. The standard InChI is InChI=1S/C37H33N3.C7H10/c1-3-38-33-22-16-31(17-23-33)37(30-12-8-5-9-13-30)27-40-35-24-18-32(19-25-35)36(29-10-6-4-7-11-29)26-39-34-20-14-28(2)15-21-34;1-4-6-7(3)5-2/h4-26,38-39H,3H2,1-2H3;4-6H,1-2H2,3H3/b;7-6-. The second-order valence-corrected chi connectivity index (χ2v) is 10.9. The first-order valence-electron chi connectivity index (χ1n) is 15.8. The molecule has 47 heavy (non-hydrogen) atoms. The predicted molar refractivity (Wildman–Crippen MR) is 206 cm³/mol. The van der Waals surface area contributed by atoms with Crippen molar-refractivity contribution in [3.63, 3.8) is 0 Å². The van der Waals surface area contributed by atoms with E-state index < -0.39 is 0 Å². The quantitative estimate of drug-likeness (QED) is 0.115. The molecule has 0 amide bonds. The first-order valence-corrected chi connectivity index (χ1v) is 15.8. The first-order chi connectivity index (χ1) is 23.0. The van der Waals surface area contributed by atoms with Gasteiger partial charge in [0, 0.05) is 29.7 Å². The highest BCUT2D eigenvalue weighted by molar-refractivity contribution is 5.99. The van der Waals surface area contributed by atoms with Crippen LogP contribution in [0.3, 0.4) is 0 Å². The summed E-state index contributed by atoms with van der Waals surface area (Å²) in [6.07, 6.45) is 7.52. The summed E-state index contributed by atoms with van der Waals surface area (Å²) in [4.78, 5) is 4.76. The lowest BCUT2D eigenvalue weighted by Gasteiger charge is -2.11. The molecular formula is C44H43N3. The van der Waals surface area contributed by atoms with Crippen molar-refractivity contribution in [1.29, 1.82) is 0 Å². The van der Waals surface area contributed by atoms with E-state index in [0.29, 0.717) is 0 Å². The number of hydrogen-bond acceptors (Lipinski definition) is 3. The molecule has 2 N–H and O–H groups in total. The molecule has 0 radical (unpaired) electrons. The zero-order chi connectivity index (χ0) is 33.3. The minimum absolute atomic E-state index is 0.848. The van der Waals surface area contributed by atoms with Gasteiger partial charge in [-0.15, -0.1) is 0 Å². The van der Waals surface area contributed by atoms with Crippen LogP contribution >= 0.6 is 0 Å². The Morgan fingerprint density at radius 3 is 1.77 bits per heavy atom. The van der Waals surface area contributed by atoms with E-state index in [1.54, 1.807) is 12.2 Å². The Kier molecular flexibility index (Phi) is 13.1. The van der Waals surface area contributed by atoms with Crippen LogP contribution in [0.2, 0.25) is 0 Å². The van der Waals surface area contributed by atoms with E-state index in [9.17, 15) is 0 Å². The normalized spacial score (nSPS) is 10.9. The van der Waals surface area contributed by atoms with Crippen molar-refractivity contribution < 1.29 is 0 Å². The molecule has 3 nitrogen and oxygen atoms in total. The van der Waals surface area contributed by atoms with Gasteiger partial charge in [-0.3, -0.25) is 0 Å². The maximum Gasteiger partial charge on any atom is 0.0730 e. The molecule has 5 rings (SSSR count). The number of aliphatic imine (C=N–C) groups is 1. The number of aryl methyl sites for hydroxylation is 1. The fourth-order valence-corrected chi connectivity index (χ4v) is 4.71. The van der Waals surface area contributed by atoms with Gasteiger partial charge < -0.3 is 10.6 Å². The zero-order valence-electron chi connectivity index (χ0n) is 27.6. The third-order valence-corrected chi connectivity index (χ3v) is 7.31. The Bertz CT molecular complexity index is 1840. The van der Waals surface area contributed by atoms with Crippen molar-refractivity contribution in [2.45, 2.75) is 20.8 Å². The molecule has 0 saturated heterocycles. The van der Waals surface area contributed by atoms with Gasteiger partial charge in [0.05, 0.1) is 11.3 Å². The molecule has 0 saturated carbocycles. The number of nitrogens with zero attached hydrogens (tertiary/aromatic N) is 1. The Balaban J connectivity index is 0.000000644. The number of anilines is 2. The molecule has 0 heterocycles. The van der Waals surface area contributed by atoms with Crippen molar-refractivity contribution in [1.82, 2.24) is 0 Å². The van der Waals surface area contributed by atoms with E-state index in [2.05, 4.69) is 147 Å². The summed E-state index contributed by atoms with van der Waals surface area (Å²) in [7, 11) is 0. The van der Waals surface area contributed by atoms with E-state index in [-0.39, 0.29) is 0 Å². The third kappa shape index (κ3) is 10.6. The molecule has 0 bridgehead atoms. The summed E-state index contributed by atoms with van der Waals surface area (Å²) in [5.41, 5.74) is 11.9. The number of benzene rings is 5. The predicted octanol–water partition coefficient (Wildman–Crippen LogP) is 11.7. The lowest BCUT2D eigenvalue weighted by atomic mass is 9.98. The van der Waals surface area contributed by atoms with Crippen LogP contribution in [0.5, 0.6) is 0 Å². The molecule has 0 aliphatic heterocycles. The molecule has 234 valence electrons. The fraction of sp³-hybridized carbons (Fsp3) is 0.0909. The summed E-state index contributed by atoms with van der Waals surface area (Å²) in [5, 5.41) is 6.82. The van der Waals surface area contributed by atoms with Gasteiger partial charge in [-0.2, -0.15) is 0 Å². The highest BCUT2D eigenvalue weighted by Crippen LogP contribution is 2.27. The van der Waals surface area contributed by atoms with Crippen molar-refractivity contribution in [3.8, 4) is 0 Å². The minimum atomic E-state index is 0.848. The SMILES string of the molecule is C=C/C=C(/C)C=C.CCNc1ccc(C(=C=Nc2ccc(C(=CNc3ccc(C)cc3)c3ccccc3)cc2)c2ccccc2)cc1. The van der Waals surface area contributed by atoms with Gasteiger partial charge in [0.25, 0.3) is 0 Å². The maximum atomic E-state index is 4.76. The molecule has 5 aromatic rings. The molecule has 3 heteroatoms. The number of allylic oxidation sites excluding steroid dienone is 4. The molecule has 0 fully saturated rings. The Morgan fingerprint density at radius 1 is 0.681 bits per heavy atom. The molecule has 0 spiro atoms. The molecule has 0 unspecified atom stereocenters. The Hall–Kier alpha value is -5.89. The molecule has 0 aliphatic carbocycles.